The summed E-state index contributed by atoms with van der Waals surface area (Å²) in [4.78, 5) is 84.7. The van der Waals surface area contributed by atoms with Crippen molar-refractivity contribution in [3.05, 3.63) is 35.9 Å². The van der Waals surface area contributed by atoms with Crippen LogP contribution in [0.15, 0.2) is 30.3 Å². The molecule has 0 radical (unpaired) electrons. The largest absolute Gasteiger partial charge is 0.376 e. The van der Waals surface area contributed by atoms with Crippen LogP contribution < -0.4 is 32.3 Å². The van der Waals surface area contributed by atoms with Crippen LogP contribution in [0.4, 0.5) is 0 Å². The number of amides is 7. The summed E-state index contributed by atoms with van der Waals surface area (Å²) < 4.78 is 5.44. The summed E-state index contributed by atoms with van der Waals surface area (Å²) in [6.45, 7) is 1.86. The van der Waals surface area contributed by atoms with Crippen LogP contribution in [0.1, 0.15) is 51.5 Å². The van der Waals surface area contributed by atoms with E-state index in [-0.39, 0.29) is 45.2 Å². The molecule has 1 aromatic carbocycles. The molecule has 250 valence electrons. The van der Waals surface area contributed by atoms with E-state index in [1.807, 2.05) is 0 Å². The van der Waals surface area contributed by atoms with Gasteiger partial charge in [-0.05, 0) is 32.3 Å². The first-order valence-electron chi connectivity index (χ1n) is 14.5. The molecule has 7 amide bonds. The number of aliphatic hydroxyl groups is 1. The van der Waals surface area contributed by atoms with E-state index < -0.39 is 54.3 Å². The van der Waals surface area contributed by atoms with Crippen molar-refractivity contribution >= 4 is 41.9 Å². The Morgan fingerprint density at radius 1 is 0.889 bits per heavy atom. The van der Waals surface area contributed by atoms with Gasteiger partial charge in [0.15, 0.2) is 0 Å². The second kappa shape index (κ2) is 21.2. The van der Waals surface area contributed by atoms with Gasteiger partial charge in [-0.1, -0.05) is 36.8 Å². The SMILES string of the molecule is CC(C)(CC(N)=O)OCNC(=O)CNC(=O)[C@H](Cc1ccccc1)NC(=O)CNC(=O)CNC(=O)CCCCCN(C=O)CO. The van der Waals surface area contributed by atoms with Crippen LogP contribution in [0.3, 0.4) is 0 Å². The standard InChI is InChI=1S/C29H45N7O9/c1-29(2,14-23(30)39)45-18-34-26(42)16-33-28(44)22(13-21-9-5-3-6-10-21)35-27(43)17-32-25(41)15-31-24(40)11-7-4-8-12-36(19-37)20-38/h3,5-6,9-10,19,22,38H,4,7-8,11-18,20H2,1-2H3,(H2,30,39)(H,31,40)(H,32,41)(H,33,44)(H,34,42)(H,35,43)/t22-/m0/s1. The third kappa shape index (κ3) is 18.6. The number of unbranched alkanes of at least 4 members (excludes halogenated alkanes) is 2. The lowest BCUT2D eigenvalue weighted by atomic mass is 10.1. The normalized spacial score (nSPS) is 11.4. The van der Waals surface area contributed by atoms with E-state index in [1.165, 1.54) is 4.90 Å². The van der Waals surface area contributed by atoms with Crippen molar-refractivity contribution in [1.82, 2.24) is 31.5 Å². The number of hydrogen-bond acceptors (Lipinski definition) is 9. The fourth-order valence-electron chi connectivity index (χ4n) is 3.88. The molecule has 16 nitrogen and oxygen atoms in total. The van der Waals surface area contributed by atoms with Crippen LogP contribution >= 0.6 is 0 Å². The average Bonchev–Trinajstić information content (AvgIpc) is 2.99. The number of aliphatic hydroxyl groups excluding tert-OH is 1. The molecule has 0 aliphatic heterocycles. The maximum absolute atomic E-state index is 12.9. The highest BCUT2D eigenvalue weighted by Crippen LogP contribution is 2.12. The summed E-state index contributed by atoms with van der Waals surface area (Å²) in [5.41, 5.74) is 5.02. The first kappa shape index (κ1) is 38.5. The van der Waals surface area contributed by atoms with Gasteiger partial charge in [-0.2, -0.15) is 0 Å². The quantitative estimate of drug-likeness (QED) is 0.0391. The number of carbonyl (C=O) groups excluding carboxylic acids is 7. The zero-order chi connectivity index (χ0) is 33.7. The summed E-state index contributed by atoms with van der Waals surface area (Å²) in [7, 11) is 0. The minimum Gasteiger partial charge on any atom is -0.376 e. The molecule has 45 heavy (non-hydrogen) atoms. The van der Waals surface area contributed by atoms with Crippen molar-refractivity contribution < 1.29 is 43.4 Å². The molecule has 0 spiro atoms. The van der Waals surface area contributed by atoms with Crippen LogP contribution in [0.2, 0.25) is 0 Å². The molecule has 1 aromatic rings. The van der Waals surface area contributed by atoms with E-state index in [0.717, 1.165) is 5.56 Å². The number of carbonyl (C=O) groups is 7. The molecule has 0 bridgehead atoms. The van der Waals surface area contributed by atoms with Gasteiger partial charge in [-0.25, -0.2) is 0 Å². The molecule has 0 aromatic heterocycles. The predicted octanol–water partition coefficient (Wildman–Crippen LogP) is -2.22. The van der Waals surface area contributed by atoms with E-state index in [4.69, 9.17) is 15.6 Å². The highest BCUT2D eigenvalue weighted by atomic mass is 16.5. The number of benzene rings is 1. The van der Waals surface area contributed by atoms with Crippen LogP contribution in [0.25, 0.3) is 0 Å². The van der Waals surface area contributed by atoms with Gasteiger partial charge in [0.1, 0.15) is 19.5 Å². The Labute approximate surface area is 262 Å². The second-order valence-corrected chi connectivity index (χ2v) is 10.7. The summed E-state index contributed by atoms with van der Waals surface area (Å²) in [6, 6.07) is 7.81. The molecule has 0 aliphatic rings. The fourth-order valence-corrected chi connectivity index (χ4v) is 3.88. The first-order valence-corrected chi connectivity index (χ1v) is 14.5. The smallest absolute Gasteiger partial charge is 0.243 e. The van der Waals surface area contributed by atoms with Crippen molar-refractivity contribution in [2.24, 2.45) is 5.73 Å². The van der Waals surface area contributed by atoms with E-state index in [0.29, 0.717) is 32.2 Å². The Morgan fingerprint density at radius 3 is 2.16 bits per heavy atom. The fraction of sp³-hybridized carbons (Fsp3) is 0.552. The van der Waals surface area contributed by atoms with Gasteiger partial charge in [-0.15, -0.1) is 0 Å². The summed E-state index contributed by atoms with van der Waals surface area (Å²) in [5, 5.41) is 21.2. The van der Waals surface area contributed by atoms with Crippen molar-refractivity contribution in [3.8, 4) is 0 Å². The molecule has 0 unspecified atom stereocenters. The molecular weight excluding hydrogens is 590 g/mol. The Morgan fingerprint density at radius 2 is 1.51 bits per heavy atom. The minimum atomic E-state index is -1.06. The molecule has 1 rings (SSSR count). The Balaban J connectivity index is 2.49. The van der Waals surface area contributed by atoms with E-state index in [9.17, 15) is 33.6 Å². The lowest BCUT2D eigenvalue weighted by molar-refractivity contribution is -0.132. The van der Waals surface area contributed by atoms with E-state index in [1.54, 1.807) is 44.2 Å². The summed E-state index contributed by atoms with van der Waals surface area (Å²) in [6.07, 6.45) is 2.58. The van der Waals surface area contributed by atoms with Crippen molar-refractivity contribution in [2.75, 3.05) is 39.6 Å². The van der Waals surface area contributed by atoms with Crippen LogP contribution in [-0.4, -0.2) is 103 Å². The van der Waals surface area contributed by atoms with Gasteiger partial charge in [0.05, 0.1) is 31.7 Å². The molecule has 0 aliphatic carbocycles. The van der Waals surface area contributed by atoms with Crippen molar-refractivity contribution in [2.45, 2.75) is 64.0 Å². The average molecular weight is 636 g/mol. The van der Waals surface area contributed by atoms with Gasteiger partial charge >= 0.3 is 0 Å². The molecular formula is C29H45N7O9. The van der Waals surface area contributed by atoms with Crippen LogP contribution in [0.5, 0.6) is 0 Å². The molecule has 1 atom stereocenters. The molecule has 0 heterocycles. The van der Waals surface area contributed by atoms with Gasteiger partial charge in [0.25, 0.3) is 0 Å². The molecule has 0 saturated carbocycles. The van der Waals surface area contributed by atoms with Gasteiger partial charge < -0.3 is 47.1 Å². The highest BCUT2D eigenvalue weighted by Gasteiger charge is 2.23. The van der Waals surface area contributed by atoms with E-state index >= 15 is 0 Å². The number of primary amides is 1. The number of nitrogens with zero attached hydrogens (tertiary/aromatic N) is 1. The number of ether oxygens (including phenoxy) is 1. The van der Waals surface area contributed by atoms with E-state index in [2.05, 4.69) is 26.6 Å². The summed E-state index contributed by atoms with van der Waals surface area (Å²) >= 11 is 0. The lowest BCUT2D eigenvalue weighted by Gasteiger charge is -2.24. The zero-order valence-electron chi connectivity index (χ0n) is 25.8. The van der Waals surface area contributed by atoms with Crippen LogP contribution in [0, 0.1) is 0 Å². The van der Waals surface area contributed by atoms with Crippen molar-refractivity contribution in [1.29, 1.82) is 0 Å². The second-order valence-electron chi connectivity index (χ2n) is 10.7. The van der Waals surface area contributed by atoms with Gasteiger partial charge in [-0.3, -0.25) is 33.6 Å². The Bertz CT molecular complexity index is 1130. The maximum atomic E-state index is 12.9. The number of hydrogen-bond donors (Lipinski definition) is 7. The Hall–Kier alpha value is -4.57. The predicted molar refractivity (Wildman–Crippen MR) is 161 cm³/mol. The number of nitrogens with one attached hydrogen (secondary N) is 5. The lowest BCUT2D eigenvalue weighted by Crippen LogP contribution is -2.52. The Kier molecular flexibility index (Phi) is 18.1. The third-order valence-corrected chi connectivity index (χ3v) is 6.26. The number of nitrogens with two attached hydrogens (primary N) is 1. The zero-order valence-corrected chi connectivity index (χ0v) is 25.8. The molecule has 16 heteroatoms. The molecule has 8 N–H and O–H groups in total. The third-order valence-electron chi connectivity index (χ3n) is 6.26. The van der Waals surface area contributed by atoms with Crippen molar-refractivity contribution in [3.63, 3.8) is 0 Å². The highest BCUT2D eigenvalue weighted by molar-refractivity contribution is 5.92. The topological polar surface area (TPSA) is 238 Å². The monoisotopic (exact) mass is 635 g/mol. The first-order chi connectivity index (χ1) is 21.3. The van der Waals surface area contributed by atoms with Gasteiger partial charge in [0.2, 0.25) is 41.9 Å². The summed E-state index contributed by atoms with van der Waals surface area (Å²) in [5.74, 6) is -3.37. The van der Waals surface area contributed by atoms with Crippen LogP contribution in [-0.2, 0) is 44.7 Å². The molecule has 0 fully saturated rings. The minimum absolute atomic E-state index is 0.0486. The number of rotatable bonds is 23. The molecule has 0 saturated heterocycles. The maximum Gasteiger partial charge on any atom is 0.243 e. The van der Waals surface area contributed by atoms with Gasteiger partial charge in [0, 0.05) is 19.4 Å².